The summed E-state index contributed by atoms with van der Waals surface area (Å²) in [6, 6.07) is 1.88. The van der Waals surface area contributed by atoms with Crippen molar-refractivity contribution in [3.63, 3.8) is 0 Å². The number of hydrogen-bond acceptors (Lipinski definition) is 2. The predicted octanol–water partition coefficient (Wildman–Crippen LogP) is 2.20. The zero-order valence-corrected chi connectivity index (χ0v) is 8.21. The molecule has 0 bridgehead atoms. The summed E-state index contributed by atoms with van der Waals surface area (Å²) in [7, 11) is 0. The second kappa shape index (κ2) is 3.88. The van der Waals surface area contributed by atoms with E-state index in [9.17, 15) is 0 Å². The van der Waals surface area contributed by atoms with Gasteiger partial charge >= 0.3 is 0 Å². The summed E-state index contributed by atoms with van der Waals surface area (Å²) in [6.07, 6.45) is 1.90. The monoisotopic (exact) mass is 218 g/mol. The maximum Gasteiger partial charge on any atom is 0.147 e. The summed E-state index contributed by atoms with van der Waals surface area (Å²) in [5.74, 6) is 0. The van der Waals surface area contributed by atoms with Gasteiger partial charge in [-0.15, -0.1) is 0 Å². The SMILES string of the molecule is CCOC(C)n1ccc(Br)n1. The van der Waals surface area contributed by atoms with Crippen molar-refractivity contribution in [2.45, 2.75) is 20.1 Å². The first kappa shape index (κ1) is 8.74. The van der Waals surface area contributed by atoms with Gasteiger partial charge in [0.05, 0.1) is 0 Å². The summed E-state index contributed by atoms with van der Waals surface area (Å²) in [5.41, 5.74) is 0. The van der Waals surface area contributed by atoms with Gasteiger partial charge in [-0.1, -0.05) is 0 Å². The lowest BCUT2D eigenvalue weighted by molar-refractivity contribution is 0.0157. The van der Waals surface area contributed by atoms with E-state index in [0.29, 0.717) is 6.61 Å². The molecule has 0 saturated heterocycles. The molecule has 0 aliphatic heterocycles. The van der Waals surface area contributed by atoms with Crippen LogP contribution in [0.15, 0.2) is 16.9 Å². The van der Waals surface area contributed by atoms with Crippen LogP contribution >= 0.6 is 15.9 Å². The van der Waals surface area contributed by atoms with Gasteiger partial charge < -0.3 is 4.74 Å². The molecule has 0 radical (unpaired) electrons. The minimum atomic E-state index is 0.0197. The Morgan fingerprint density at radius 3 is 3.00 bits per heavy atom. The number of nitrogens with zero attached hydrogens (tertiary/aromatic N) is 2. The lowest BCUT2D eigenvalue weighted by Gasteiger charge is -2.10. The summed E-state index contributed by atoms with van der Waals surface area (Å²) >= 11 is 3.26. The highest BCUT2D eigenvalue weighted by Gasteiger charge is 2.03. The van der Waals surface area contributed by atoms with Crippen LogP contribution in [-0.2, 0) is 4.74 Å². The van der Waals surface area contributed by atoms with Gasteiger partial charge in [0.1, 0.15) is 10.8 Å². The third-order valence-corrected chi connectivity index (χ3v) is 1.78. The Morgan fingerprint density at radius 1 is 1.82 bits per heavy atom. The van der Waals surface area contributed by atoms with Crippen LogP contribution in [0, 0.1) is 0 Å². The first-order chi connectivity index (χ1) is 5.24. The summed E-state index contributed by atoms with van der Waals surface area (Å²) in [6.45, 7) is 4.64. The van der Waals surface area contributed by atoms with E-state index in [0.717, 1.165) is 4.60 Å². The minimum Gasteiger partial charge on any atom is -0.357 e. The summed E-state index contributed by atoms with van der Waals surface area (Å²) in [5, 5.41) is 4.14. The fourth-order valence-corrected chi connectivity index (χ4v) is 1.14. The Labute approximate surface area is 74.5 Å². The van der Waals surface area contributed by atoms with Crippen molar-refractivity contribution in [2.75, 3.05) is 6.61 Å². The number of ether oxygens (including phenoxy) is 1. The second-order valence-corrected chi connectivity index (χ2v) is 2.99. The molecule has 4 heteroatoms. The van der Waals surface area contributed by atoms with E-state index in [-0.39, 0.29) is 6.23 Å². The van der Waals surface area contributed by atoms with E-state index in [4.69, 9.17) is 4.74 Å². The van der Waals surface area contributed by atoms with Gasteiger partial charge in [-0.2, -0.15) is 5.10 Å². The van der Waals surface area contributed by atoms with Crippen LogP contribution in [0.2, 0.25) is 0 Å². The Kier molecular flexibility index (Phi) is 3.08. The third kappa shape index (κ3) is 2.31. The number of aromatic nitrogens is 2. The van der Waals surface area contributed by atoms with Crippen molar-refractivity contribution < 1.29 is 4.74 Å². The molecule has 1 rings (SSSR count). The highest BCUT2D eigenvalue weighted by Crippen LogP contribution is 2.10. The average molecular weight is 219 g/mol. The van der Waals surface area contributed by atoms with E-state index < -0.39 is 0 Å². The topological polar surface area (TPSA) is 27.1 Å². The van der Waals surface area contributed by atoms with E-state index in [1.54, 1.807) is 4.68 Å². The molecular weight excluding hydrogens is 208 g/mol. The van der Waals surface area contributed by atoms with Crippen molar-refractivity contribution in [3.8, 4) is 0 Å². The molecular formula is C7H11BrN2O. The number of rotatable bonds is 3. The molecule has 1 heterocycles. The normalized spacial score (nSPS) is 13.4. The van der Waals surface area contributed by atoms with Gasteiger partial charge in [0.25, 0.3) is 0 Å². The molecule has 0 spiro atoms. The lowest BCUT2D eigenvalue weighted by Crippen LogP contribution is -2.09. The molecule has 1 atom stereocenters. The fraction of sp³-hybridized carbons (Fsp3) is 0.571. The molecule has 1 aromatic heterocycles. The highest BCUT2D eigenvalue weighted by molar-refractivity contribution is 9.10. The first-order valence-corrected chi connectivity index (χ1v) is 4.35. The maximum absolute atomic E-state index is 5.32. The molecule has 0 aromatic carbocycles. The van der Waals surface area contributed by atoms with E-state index in [1.165, 1.54) is 0 Å². The Balaban J connectivity index is 2.60. The largest absolute Gasteiger partial charge is 0.357 e. The Morgan fingerprint density at radius 2 is 2.55 bits per heavy atom. The molecule has 0 amide bonds. The van der Waals surface area contributed by atoms with Gasteiger partial charge in [0.15, 0.2) is 0 Å². The molecule has 11 heavy (non-hydrogen) atoms. The molecule has 0 N–H and O–H groups in total. The standard InChI is InChI=1S/C7H11BrN2O/c1-3-11-6(2)10-5-4-7(8)9-10/h4-6H,3H2,1-2H3. The zero-order valence-electron chi connectivity index (χ0n) is 6.62. The van der Waals surface area contributed by atoms with Crippen molar-refractivity contribution in [1.29, 1.82) is 0 Å². The summed E-state index contributed by atoms with van der Waals surface area (Å²) in [4.78, 5) is 0. The molecule has 1 aromatic rings. The van der Waals surface area contributed by atoms with Crippen LogP contribution in [-0.4, -0.2) is 16.4 Å². The minimum absolute atomic E-state index is 0.0197. The quantitative estimate of drug-likeness (QED) is 0.779. The van der Waals surface area contributed by atoms with Crippen molar-refractivity contribution in [3.05, 3.63) is 16.9 Å². The molecule has 62 valence electrons. The lowest BCUT2D eigenvalue weighted by atomic mass is 10.6. The molecule has 0 aliphatic carbocycles. The Hall–Kier alpha value is -0.350. The van der Waals surface area contributed by atoms with Crippen LogP contribution < -0.4 is 0 Å². The van der Waals surface area contributed by atoms with E-state index >= 15 is 0 Å². The van der Waals surface area contributed by atoms with Crippen LogP contribution in [0.1, 0.15) is 20.1 Å². The summed E-state index contributed by atoms with van der Waals surface area (Å²) < 4.78 is 7.93. The fourth-order valence-electron chi connectivity index (χ4n) is 0.835. The van der Waals surface area contributed by atoms with Crippen LogP contribution in [0.3, 0.4) is 0 Å². The average Bonchev–Trinajstić information content (AvgIpc) is 2.36. The van der Waals surface area contributed by atoms with Crippen LogP contribution in [0.25, 0.3) is 0 Å². The second-order valence-electron chi connectivity index (χ2n) is 2.17. The molecule has 3 nitrogen and oxygen atoms in total. The Bertz CT molecular complexity index is 224. The van der Waals surface area contributed by atoms with Crippen molar-refractivity contribution in [2.24, 2.45) is 0 Å². The molecule has 1 unspecified atom stereocenters. The predicted molar refractivity (Wildman–Crippen MR) is 46.3 cm³/mol. The van der Waals surface area contributed by atoms with Crippen molar-refractivity contribution in [1.82, 2.24) is 9.78 Å². The zero-order chi connectivity index (χ0) is 8.27. The van der Waals surface area contributed by atoms with Crippen molar-refractivity contribution >= 4 is 15.9 Å². The number of hydrogen-bond donors (Lipinski definition) is 0. The van der Waals surface area contributed by atoms with Crippen LogP contribution in [0.4, 0.5) is 0 Å². The van der Waals surface area contributed by atoms with E-state index in [2.05, 4.69) is 21.0 Å². The van der Waals surface area contributed by atoms with Gasteiger partial charge in [-0.05, 0) is 35.8 Å². The first-order valence-electron chi connectivity index (χ1n) is 3.56. The third-order valence-electron chi connectivity index (χ3n) is 1.36. The highest BCUT2D eigenvalue weighted by atomic mass is 79.9. The van der Waals surface area contributed by atoms with E-state index in [1.807, 2.05) is 26.1 Å². The molecule has 0 aliphatic rings. The number of halogens is 1. The van der Waals surface area contributed by atoms with Gasteiger partial charge in [0, 0.05) is 12.8 Å². The van der Waals surface area contributed by atoms with Gasteiger partial charge in [-0.3, -0.25) is 0 Å². The van der Waals surface area contributed by atoms with Crippen LogP contribution in [0.5, 0.6) is 0 Å². The van der Waals surface area contributed by atoms with Gasteiger partial charge in [-0.25, -0.2) is 4.68 Å². The molecule has 0 saturated carbocycles. The maximum atomic E-state index is 5.32. The van der Waals surface area contributed by atoms with Gasteiger partial charge in [0.2, 0.25) is 0 Å². The molecule has 0 fully saturated rings. The smallest absolute Gasteiger partial charge is 0.147 e.